The van der Waals surface area contributed by atoms with Crippen molar-refractivity contribution in [2.24, 2.45) is 0 Å². The molecule has 0 atom stereocenters. The van der Waals surface area contributed by atoms with Crippen LogP contribution in [0.4, 0.5) is 5.69 Å². The van der Waals surface area contributed by atoms with Gasteiger partial charge in [-0.1, -0.05) is 59.8 Å². The molecule has 0 bridgehead atoms. The van der Waals surface area contributed by atoms with Gasteiger partial charge < -0.3 is 19.7 Å². The molecule has 10 heteroatoms. The van der Waals surface area contributed by atoms with Gasteiger partial charge in [0.25, 0.3) is 11.8 Å². The highest BCUT2D eigenvalue weighted by Crippen LogP contribution is 2.41. The highest BCUT2D eigenvalue weighted by atomic mass is 35.5. The lowest BCUT2D eigenvalue weighted by molar-refractivity contribution is -0.121. The zero-order valence-corrected chi connectivity index (χ0v) is 20.6. The van der Waals surface area contributed by atoms with Crippen molar-refractivity contribution in [2.75, 3.05) is 37.8 Å². The molecule has 1 N–H and O–H groups in total. The van der Waals surface area contributed by atoms with E-state index < -0.39 is 0 Å². The number of morpholine rings is 1. The molecule has 2 saturated heterocycles. The monoisotopic (exact) mass is 515 g/mol. The van der Waals surface area contributed by atoms with Gasteiger partial charge in [0.05, 0.1) is 35.4 Å². The number of thioether (sulfide) groups is 1. The van der Waals surface area contributed by atoms with Crippen molar-refractivity contribution in [2.45, 2.75) is 13.1 Å². The molecule has 34 heavy (non-hydrogen) atoms. The van der Waals surface area contributed by atoms with Crippen LogP contribution in [0, 0.1) is 0 Å². The van der Waals surface area contributed by atoms with E-state index in [2.05, 4.69) is 22.3 Å². The van der Waals surface area contributed by atoms with E-state index in [0.29, 0.717) is 37.8 Å². The summed E-state index contributed by atoms with van der Waals surface area (Å²) in [4.78, 5) is 29.4. The van der Waals surface area contributed by atoms with E-state index in [-0.39, 0.29) is 18.4 Å². The van der Waals surface area contributed by atoms with Crippen molar-refractivity contribution < 1.29 is 19.1 Å². The highest BCUT2D eigenvalue weighted by molar-refractivity contribution is 8.26. The second kappa shape index (κ2) is 10.1. The lowest BCUT2D eigenvalue weighted by Crippen LogP contribution is -2.38. The first-order valence-electron chi connectivity index (χ1n) is 10.9. The Hall–Kier alpha value is -2.43. The van der Waals surface area contributed by atoms with E-state index in [1.807, 2.05) is 18.2 Å². The zero-order valence-electron chi connectivity index (χ0n) is 18.2. The molecule has 0 unspecified atom stereocenters. The average Bonchev–Trinajstić information content (AvgIpc) is 3.14. The van der Waals surface area contributed by atoms with E-state index in [1.165, 1.54) is 17.3 Å². The van der Waals surface area contributed by atoms with Crippen molar-refractivity contribution in [1.29, 1.82) is 0 Å². The lowest BCUT2D eigenvalue weighted by Gasteiger charge is -2.30. The predicted molar refractivity (Wildman–Crippen MR) is 137 cm³/mol. The second-order valence-corrected chi connectivity index (χ2v) is 10.3. The van der Waals surface area contributed by atoms with Crippen LogP contribution < -0.4 is 15.0 Å². The van der Waals surface area contributed by atoms with Crippen molar-refractivity contribution >= 4 is 63.5 Å². The minimum absolute atomic E-state index is 0.0746. The van der Waals surface area contributed by atoms with Gasteiger partial charge in [0.15, 0.2) is 12.4 Å². The van der Waals surface area contributed by atoms with Crippen LogP contribution in [0.1, 0.15) is 16.7 Å². The number of benzene rings is 2. The third-order valence-electron chi connectivity index (χ3n) is 5.79. The molecule has 0 aromatic heterocycles. The summed E-state index contributed by atoms with van der Waals surface area (Å²) in [6, 6.07) is 11.8. The van der Waals surface area contributed by atoms with Crippen LogP contribution in [0.3, 0.4) is 0 Å². The first-order chi connectivity index (χ1) is 16.5. The maximum atomic E-state index is 12.8. The number of thiocarbonyl (C=S) groups is 1. The van der Waals surface area contributed by atoms with Crippen LogP contribution in [-0.2, 0) is 27.4 Å². The molecule has 2 amide bonds. The molecular weight excluding hydrogens is 494 g/mol. The number of carbonyl (C=O) groups excluding carboxylic acids is 2. The van der Waals surface area contributed by atoms with Crippen LogP contribution in [-0.4, -0.2) is 53.9 Å². The molecular formula is C24H22ClN3O4S2. The van der Waals surface area contributed by atoms with Gasteiger partial charge in [0, 0.05) is 19.6 Å². The van der Waals surface area contributed by atoms with E-state index >= 15 is 0 Å². The van der Waals surface area contributed by atoms with Crippen LogP contribution in [0.2, 0.25) is 5.02 Å². The lowest BCUT2D eigenvalue weighted by atomic mass is 10.1. The Morgan fingerprint density at radius 2 is 1.79 bits per heavy atom. The van der Waals surface area contributed by atoms with E-state index in [9.17, 15) is 9.59 Å². The van der Waals surface area contributed by atoms with Gasteiger partial charge in [-0.2, -0.15) is 0 Å². The summed E-state index contributed by atoms with van der Waals surface area (Å²) in [5, 5.41) is 2.98. The molecule has 0 aliphatic carbocycles. The normalized spacial score (nSPS) is 19.9. The molecule has 2 aromatic carbocycles. The molecule has 3 heterocycles. The van der Waals surface area contributed by atoms with E-state index in [0.717, 1.165) is 38.4 Å². The maximum Gasteiger partial charge on any atom is 0.265 e. The predicted octanol–water partition coefficient (Wildman–Crippen LogP) is 3.59. The summed E-state index contributed by atoms with van der Waals surface area (Å²) in [7, 11) is 0. The number of hydrogen-bond acceptors (Lipinski definition) is 7. The second-order valence-electron chi connectivity index (χ2n) is 8.18. The standard InChI is InChI=1S/C24H22ClN3O4S2/c25-18-9-17(11-20-23(30)26-24(33)34-20)10-19-22(18)32-14-21(29)28(19)13-16-3-1-15(2-4-16)12-27-5-7-31-8-6-27/h1-4,9-11H,5-8,12-14H2,(H,26,30,33). The van der Waals surface area contributed by atoms with Crippen LogP contribution in [0.5, 0.6) is 5.75 Å². The molecule has 176 valence electrons. The van der Waals surface area contributed by atoms with Gasteiger partial charge >= 0.3 is 0 Å². The number of nitrogens with one attached hydrogen (secondary N) is 1. The maximum absolute atomic E-state index is 12.8. The van der Waals surface area contributed by atoms with E-state index in [4.69, 9.17) is 33.3 Å². The Morgan fingerprint density at radius 1 is 1.09 bits per heavy atom. The Morgan fingerprint density at radius 3 is 2.47 bits per heavy atom. The Labute approximate surface area is 212 Å². The first kappa shape index (κ1) is 23.3. The fraction of sp³-hybridized carbons (Fsp3) is 0.292. The highest BCUT2D eigenvalue weighted by Gasteiger charge is 2.29. The first-order valence-corrected chi connectivity index (χ1v) is 12.5. The van der Waals surface area contributed by atoms with Crippen molar-refractivity contribution in [1.82, 2.24) is 10.2 Å². The number of amides is 2. The summed E-state index contributed by atoms with van der Waals surface area (Å²) in [5.74, 6) is 0.0662. The number of fused-ring (bicyclic) bond motifs is 1. The molecule has 2 aromatic rings. The number of nitrogens with zero attached hydrogens (tertiary/aromatic N) is 2. The number of carbonyl (C=O) groups is 2. The summed E-state index contributed by atoms with van der Waals surface area (Å²) < 4.78 is 11.5. The van der Waals surface area contributed by atoms with Gasteiger partial charge in [-0.05, 0) is 34.9 Å². The van der Waals surface area contributed by atoms with Gasteiger partial charge in [-0.25, -0.2) is 0 Å². The molecule has 0 radical (unpaired) electrons. The molecule has 3 aliphatic rings. The Kier molecular flexibility index (Phi) is 6.89. The van der Waals surface area contributed by atoms with Crippen molar-refractivity contribution in [3.8, 4) is 5.75 Å². The van der Waals surface area contributed by atoms with Crippen LogP contribution in [0.15, 0.2) is 41.3 Å². The van der Waals surface area contributed by atoms with Gasteiger partial charge in [-0.15, -0.1) is 0 Å². The van der Waals surface area contributed by atoms with Crippen molar-refractivity contribution in [3.05, 3.63) is 63.0 Å². The SMILES string of the molecule is O=C1NC(=S)SC1=Cc1cc(Cl)c2c(c1)N(Cc1ccc(CN3CCOCC3)cc1)C(=O)CO2. The molecule has 2 fully saturated rings. The van der Waals surface area contributed by atoms with Crippen LogP contribution in [0.25, 0.3) is 6.08 Å². The fourth-order valence-electron chi connectivity index (χ4n) is 4.07. The smallest absolute Gasteiger partial charge is 0.265 e. The number of ether oxygens (including phenoxy) is 2. The number of anilines is 1. The Bertz CT molecular complexity index is 1180. The van der Waals surface area contributed by atoms with Crippen LogP contribution >= 0.6 is 35.6 Å². The van der Waals surface area contributed by atoms with Crippen molar-refractivity contribution in [3.63, 3.8) is 0 Å². The summed E-state index contributed by atoms with van der Waals surface area (Å²) in [6.45, 7) is 4.61. The van der Waals surface area contributed by atoms with Gasteiger partial charge in [0.1, 0.15) is 4.32 Å². The Balaban J connectivity index is 1.37. The largest absolute Gasteiger partial charge is 0.480 e. The molecule has 7 nitrogen and oxygen atoms in total. The number of rotatable bonds is 5. The third kappa shape index (κ3) is 5.13. The third-order valence-corrected chi connectivity index (χ3v) is 7.23. The quantitative estimate of drug-likeness (QED) is 0.482. The molecule has 5 rings (SSSR count). The summed E-state index contributed by atoms with van der Waals surface area (Å²) >= 11 is 12.7. The molecule has 3 aliphatic heterocycles. The minimum Gasteiger partial charge on any atom is -0.480 e. The number of halogens is 1. The summed E-state index contributed by atoms with van der Waals surface area (Å²) in [5.41, 5.74) is 3.50. The minimum atomic E-state index is -0.245. The fourth-order valence-corrected chi connectivity index (χ4v) is 5.39. The molecule has 0 saturated carbocycles. The van der Waals surface area contributed by atoms with E-state index in [1.54, 1.807) is 17.0 Å². The zero-order chi connectivity index (χ0) is 23.7. The summed E-state index contributed by atoms with van der Waals surface area (Å²) in [6.07, 6.45) is 1.71. The topological polar surface area (TPSA) is 71.1 Å². The molecule has 0 spiro atoms. The van der Waals surface area contributed by atoms with Gasteiger partial charge in [-0.3, -0.25) is 14.5 Å². The van der Waals surface area contributed by atoms with Gasteiger partial charge in [0.2, 0.25) is 0 Å². The average molecular weight is 516 g/mol. The number of hydrogen-bond donors (Lipinski definition) is 1.